The standard InChI is InChI=1S/C17H29N3O/c1-4-21-17-10-6-5-9-15(17)16(12-18)20-11-7-8-14(20)13-19(2)3/h5-6,9-10,14,16H,4,7-8,11-13,18H2,1-3H3. The van der Waals surface area contributed by atoms with Gasteiger partial charge in [-0.15, -0.1) is 0 Å². The molecule has 0 spiro atoms. The fourth-order valence-corrected chi connectivity index (χ4v) is 3.37. The number of likely N-dealkylation sites (N-methyl/N-ethyl adjacent to an activating group) is 1. The van der Waals surface area contributed by atoms with Crippen LogP contribution in [-0.4, -0.2) is 56.2 Å². The third-order valence-corrected chi connectivity index (χ3v) is 4.20. The van der Waals surface area contributed by atoms with Crippen molar-refractivity contribution >= 4 is 0 Å². The molecule has 1 saturated heterocycles. The highest BCUT2D eigenvalue weighted by molar-refractivity contribution is 5.36. The zero-order valence-electron chi connectivity index (χ0n) is 13.6. The lowest BCUT2D eigenvalue weighted by Gasteiger charge is -2.34. The third kappa shape index (κ3) is 3.96. The second kappa shape index (κ2) is 7.78. The normalized spacial score (nSPS) is 20.9. The van der Waals surface area contributed by atoms with Gasteiger partial charge >= 0.3 is 0 Å². The van der Waals surface area contributed by atoms with E-state index < -0.39 is 0 Å². The largest absolute Gasteiger partial charge is 0.494 e. The number of para-hydroxylation sites is 1. The first-order chi connectivity index (χ1) is 10.2. The van der Waals surface area contributed by atoms with Gasteiger partial charge in [0, 0.05) is 24.7 Å². The van der Waals surface area contributed by atoms with Gasteiger partial charge in [0.15, 0.2) is 0 Å². The van der Waals surface area contributed by atoms with E-state index in [9.17, 15) is 0 Å². The van der Waals surface area contributed by atoms with Crippen molar-refractivity contribution in [3.63, 3.8) is 0 Å². The van der Waals surface area contributed by atoms with Crippen LogP contribution in [0.2, 0.25) is 0 Å². The van der Waals surface area contributed by atoms with E-state index in [1.165, 1.54) is 18.4 Å². The second-order valence-corrected chi connectivity index (χ2v) is 6.02. The lowest BCUT2D eigenvalue weighted by molar-refractivity contribution is 0.153. The molecule has 1 aliphatic rings. The highest BCUT2D eigenvalue weighted by Crippen LogP contribution is 2.33. The Labute approximate surface area is 128 Å². The SMILES string of the molecule is CCOc1ccccc1C(CN)N1CCCC1CN(C)C. The van der Waals surface area contributed by atoms with Gasteiger partial charge in [-0.1, -0.05) is 18.2 Å². The Kier molecular flexibility index (Phi) is 6.03. The summed E-state index contributed by atoms with van der Waals surface area (Å²) in [6, 6.07) is 9.16. The summed E-state index contributed by atoms with van der Waals surface area (Å²) < 4.78 is 5.80. The van der Waals surface area contributed by atoms with E-state index in [-0.39, 0.29) is 6.04 Å². The molecule has 21 heavy (non-hydrogen) atoms. The number of rotatable bonds is 7. The molecule has 1 fully saturated rings. The number of likely N-dealkylation sites (tertiary alicyclic amines) is 1. The van der Waals surface area contributed by atoms with E-state index in [0.29, 0.717) is 19.2 Å². The van der Waals surface area contributed by atoms with Gasteiger partial charge in [0.05, 0.1) is 12.6 Å². The molecule has 1 aromatic carbocycles. The Morgan fingerprint density at radius 2 is 2.14 bits per heavy atom. The summed E-state index contributed by atoms with van der Waals surface area (Å²) >= 11 is 0. The van der Waals surface area contributed by atoms with Crippen molar-refractivity contribution in [2.45, 2.75) is 31.8 Å². The van der Waals surface area contributed by atoms with Crippen molar-refractivity contribution in [2.75, 3.05) is 40.3 Å². The van der Waals surface area contributed by atoms with Gasteiger partial charge in [-0.05, 0) is 46.5 Å². The molecule has 0 aromatic heterocycles. The molecule has 118 valence electrons. The molecule has 0 radical (unpaired) electrons. The molecular formula is C17H29N3O. The van der Waals surface area contributed by atoms with Crippen LogP contribution in [0.25, 0.3) is 0 Å². The van der Waals surface area contributed by atoms with E-state index in [1.54, 1.807) is 0 Å². The van der Waals surface area contributed by atoms with Gasteiger partial charge in [0.2, 0.25) is 0 Å². The number of nitrogens with two attached hydrogens (primary N) is 1. The monoisotopic (exact) mass is 291 g/mol. The first-order valence-corrected chi connectivity index (χ1v) is 7.99. The number of hydrogen-bond acceptors (Lipinski definition) is 4. The smallest absolute Gasteiger partial charge is 0.124 e. The van der Waals surface area contributed by atoms with Gasteiger partial charge in [0.25, 0.3) is 0 Å². The predicted octanol–water partition coefficient (Wildman–Crippen LogP) is 2.11. The minimum Gasteiger partial charge on any atom is -0.494 e. The second-order valence-electron chi connectivity index (χ2n) is 6.02. The summed E-state index contributed by atoms with van der Waals surface area (Å²) in [5, 5.41) is 0. The van der Waals surface area contributed by atoms with Gasteiger partial charge in [-0.2, -0.15) is 0 Å². The van der Waals surface area contributed by atoms with Crippen LogP contribution in [0.1, 0.15) is 31.4 Å². The Hall–Kier alpha value is -1.10. The van der Waals surface area contributed by atoms with E-state index in [0.717, 1.165) is 18.8 Å². The molecule has 2 unspecified atom stereocenters. The van der Waals surface area contributed by atoms with Crippen LogP contribution >= 0.6 is 0 Å². The number of ether oxygens (including phenoxy) is 1. The summed E-state index contributed by atoms with van der Waals surface area (Å²) in [6.07, 6.45) is 2.51. The quantitative estimate of drug-likeness (QED) is 0.835. The van der Waals surface area contributed by atoms with Crippen molar-refractivity contribution in [3.8, 4) is 5.75 Å². The van der Waals surface area contributed by atoms with Gasteiger partial charge in [-0.25, -0.2) is 0 Å². The lowest BCUT2D eigenvalue weighted by Crippen LogP contribution is -2.42. The summed E-state index contributed by atoms with van der Waals surface area (Å²) in [5.74, 6) is 0.978. The topological polar surface area (TPSA) is 41.7 Å². The maximum Gasteiger partial charge on any atom is 0.124 e. The zero-order valence-corrected chi connectivity index (χ0v) is 13.6. The molecule has 0 bridgehead atoms. The summed E-state index contributed by atoms with van der Waals surface area (Å²) in [6.45, 7) is 5.57. The van der Waals surface area contributed by atoms with E-state index >= 15 is 0 Å². The lowest BCUT2D eigenvalue weighted by atomic mass is 10.0. The molecule has 0 saturated carbocycles. The Morgan fingerprint density at radius 3 is 2.81 bits per heavy atom. The van der Waals surface area contributed by atoms with Gasteiger partial charge in [0.1, 0.15) is 5.75 Å². The third-order valence-electron chi connectivity index (χ3n) is 4.20. The number of benzene rings is 1. The molecule has 4 nitrogen and oxygen atoms in total. The summed E-state index contributed by atoms with van der Waals surface area (Å²) in [5.41, 5.74) is 7.36. The highest BCUT2D eigenvalue weighted by atomic mass is 16.5. The van der Waals surface area contributed by atoms with Crippen molar-refractivity contribution in [1.82, 2.24) is 9.80 Å². The van der Waals surface area contributed by atoms with Crippen LogP contribution < -0.4 is 10.5 Å². The number of nitrogens with zero attached hydrogens (tertiary/aromatic N) is 2. The summed E-state index contributed by atoms with van der Waals surface area (Å²) in [4.78, 5) is 4.84. The maximum atomic E-state index is 6.13. The van der Waals surface area contributed by atoms with Gasteiger partial charge < -0.3 is 15.4 Å². The first kappa shape index (κ1) is 16.3. The van der Waals surface area contributed by atoms with Crippen LogP contribution in [-0.2, 0) is 0 Å². The molecule has 2 rings (SSSR count). The van der Waals surface area contributed by atoms with Gasteiger partial charge in [-0.3, -0.25) is 4.90 Å². The zero-order chi connectivity index (χ0) is 15.2. The highest BCUT2D eigenvalue weighted by Gasteiger charge is 2.32. The summed E-state index contributed by atoms with van der Waals surface area (Å²) in [7, 11) is 4.28. The molecule has 1 heterocycles. The molecular weight excluding hydrogens is 262 g/mol. The first-order valence-electron chi connectivity index (χ1n) is 7.99. The molecule has 0 amide bonds. The van der Waals surface area contributed by atoms with E-state index in [2.05, 4.69) is 42.1 Å². The van der Waals surface area contributed by atoms with E-state index in [4.69, 9.17) is 10.5 Å². The molecule has 2 N–H and O–H groups in total. The van der Waals surface area contributed by atoms with Crippen molar-refractivity contribution in [1.29, 1.82) is 0 Å². The predicted molar refractivity (Wildman–Crippen MR) is 87.7 cm³/mol. The fraction of sp³-hybridized carbons (Fsp3) is 0.647. The van der Waals surface area contributed by atoms with Crippen LogP contribution in [0.4, 0.5) is 0 Å². The molecule has 2 atom stereocenters. The van der Waals surface area contributed by atoms with Crippen LogP contribution in [0, 0.1) is 0 Å². The van der Waals surface area contributed by atoms with Crippen LogP contribution in [0.3, 0.4) is 0 Å². The molecule has 1 aliphatic heterocycles. The Morgan fingerprint density at radius 1 is 1.38 bits per heavy atom. The average molecular weight is 291 g/mol. The minimum absolute atomic E-state index is 0.250. The average Bonchev–Trinajstić information content (AvgIpc) is 2.89. The Bertz CT molecular complexity index is 436. The van der Waals surface area contributed by atoms with E-state index in [1.807, 2.05) is 13.0 Å². The minimum atomic E-state index is 0.250. The maximum absolute atomic E-state index is 6.13. The fourth-order valence-electron chi connectivity index (χ4n) is 3.37. The van der Waals surface area contributed by atoms with Crippen molar-refractivity contribution in [3.05, 3.63) is 29.8 Å². The Balaban J connectivity index is 2.22. The molecule has 4 heteroatoms. The van der Waals surface area contributed by atoms with Crippen LogP contribution in [0.5, 0.6) is 5.75 Å². The number of hydrogen-bond donors (Lipinski definition) is 1. The van der Waals surface area contributed by atoms with Crippen molar-refractivity contribution < 1.29 is 4.74 Å². The van der Waals surface area contributed by atoms with Crippen LogP contribution in [0.15, 0.2) is 24.3 Å². The molecule has 0 aliphatic carbocycles. The van der Waals surface area contributed by atoms with Crippen molar-refractivity contribution in [2.24, 2.45) is 5.73 Å². The molecule has 1 aromatic rings.